The zero-order valence-corrected chi connectivity index (χ0v) is 25.2. The number of aromatic amines is 1. The van der Waals surface area contributed by atoms with Crippen molar-refractivity contribution in [2.45, 2.75) is 38.6 Å². The van der Waals surface area contributed by atoms with E-state index in [0.717, 1.165) is 24.3 Å². The van der Waals surface area contributed by atoms with Crippen LogP contribution in [0.2, 0.25) is 10.0 Å². The predicted molar refractivity (Wildman–Crippen MR) is 157 cm³/mol. The average molecular weight is 675 g/mol. The van der Waals surface area contributed by atoms with Crippen molar-refractivity contribution in [3.05, 3.63) is 69.2 Å². The first-order valence-electron chi connectivity index (χ1n) is 13.0. The lowest BCUT2D eigenvalue weighted by Gasteiger charge is -2.22. The van der Waals surface area contributed by atoms with Gasteiger partial charge in [0.25, 0.3) is 18.2 Å². The fourth-order valence-corrected chi connectivity index (χ4v) is 4.32. The van der Waals surface area contributed by atoms with E-state index in [1.807, 2.05) is 0 Å². The van der Waals surface area contributed by atoms with Gasteiger partial charge in [-0.15, -0.1) is 0 Å². The number of carbonyl (C=O) groups is 2. The van der Waals surface area contributed by atoms with Crippen molar-refractivity contribution in [2.24, 2.45) is 0 Å². The molecular weight excluding hydrogens is 650 g/mol. The lowest BCUT2D eigenvalue weighted by atomic mass is 10.1. The van der Waals surface area contributed by atoms with E-state index in [0.29, 0.717) is 5.56 Å². The zero-order chi connectivity index (χ0) is 33.1. The highest BCUT2D eigenvalue weighted by molar-refractivity contribution is 6.39. The van der Waals surface area contributed by atoms with Gasteiger partial charge in [0, 0.05) is 19.3 Å². The summed E-state index contributed by atoms with van der Waals surface area (Å²) in [5.41, 5.74) is -1.45. The number of alkyl halides is 5. The number of halogens is 7. The monoisotopic (exact) mass is 674 g/mol. The minimum absolute atomic E-state index is 0.00557. The van der Waals surface area contributed by atoms with Gasteiger partial charge in [-0.3, -0.25) is 9.59 Å². The van der Waals surface area contributed by atoms with Crippen molar-refractivity contribution in [3.8, 4) is 5.88 Å². The molecule has 4 N–H and O–H groups in total. The number of benzene rings is 2. The number of pyridine rings is 1. The number of hydrogen-bond donors (Lipinski definition) is 4. The Kier molecular flexibility index (Phi) is 10.0. The van der Waals surface area contributed by atoms with Crippen LogP contribution in [-0.2, 0) is 22.3 Å². The molecule has 0 aliphatic rings. The Morgan fingerprint density at radius 2 is 1.73 bits per heavy atom. The number of ether oxygens (including phenoxy) is 2. The van der Waals surface area contributed by atoms with Gasteiger partial charge in [0.05, 0.1) is 26.8 Å². The van der Waals surface area contributed by atoms with Crippen molar-refractivity contribution < 1.29 is 41.0 Å². The number of carbonyl (C=O) groups excluding carboxylic acids is 2. The summed E-state index contributed by atoms with van der Waals surface area (Å²) in [6, 6.07) is 8.01. The van der Waals surface area contributed by atoms with E-state index in [9.17, 15) is 31.5 Å². The van der Waals surface area contributed by atoms with E-state index < -0.39 is 42.2 Å². The van der Waals surface area contributed by atoms with E-state index in [-0.39, 0.29) is 56.5 Å². The maximum Gasteiger partial charge on any atom is 0.416 e. The Hall–Kier alpha value is -4.21. The molecule has 0 aliphatic carbocycles. The minimum atomic E-state index is -4.58. The number of methoxy groups -OCH3 is 1. The van der Waals surface area contributed by atoms with Crippen LogP contribution in [0.15, 0.2) is 42.5 Å². The van der Waals surface area contributed by atoms with Crippen LogP contribution in [0.5, 0.6) is 5.88 Å². The number of fused-ring (bicyclic) bond motifs is 1. The Morgan fingerprint density at radius 3 is 2.36 bits per heavy atom. The van der Waals surface area contributed by atoms with Crippen LogP contribution >= 0.6 is 23.2 Å². The third-order valence-electron chi connectivity index (χ3n) is 6.41. The second-order valence-electron chi connectivity index (χ2n) is 9.95. The highest BCUT2D eigenvalue weighted by Crippen LogP contribution is 2.36. The summed E-state index contributed by atoms with van der Waals surface area (Å²) in [7, 11) is 1.40. The summed E-state index contributed by atoms with van der Waals surface area (Å²) < 4.78 is 74.8. The average Bonchev–Trinajstić information content (AvgIpc) is 3.38. The normalized spacial score (nSPS) is 12.0. The van der Waals surface area contributed by atoms with Gasteiger partial charge in [-0.2, -0.15) is 23.1 Å². The first kappa shape index (κ1) is 33.7. The van der Waals surface area contributed by atoms with Crippen LogP contribution in [0, 0.1) is 0 Å². The van der Waals surface area contributed by atoms with Gasteiger partial charge in [0.15, 0.2) is 12.3 Å². The van der Waals surface area contributed by atoms with E-state index in [2.05, 4.69) is 30.9 Å². The van der Waals surface area contributed by atoms with Gasteiger partial charge in [-0.1, -0.05) is 29.3 Å². The molecule has 17 heteroatoms. The lowest BCUT2D eigenvalue weighted by Crippen LogP contribution is -2.43. The maximum atomic E-state index is 13.1. The van der Waals surface area contributed by atoms with Crippen LogP contribution in [0.3, 0.4) is 0 Å². The summed E-state index contributed by atoms with van der Waals surface area (Å²) in [6.45, 7) is 2.15. The van der Waals surface area contributed by atoms with Gasteiger partial charge in [0.2, 0.25) is 11.8 Å². The smallest absolute Gasteiger partial charge is 0.416 e. The lowest BCUT2D eigenvalue weighted by molar-refractivity contribution is -0.139. The van der Waals surface area contributed by atoms with Crippen LogP contribution in [0.25, 0.3) is 11.2 Å². The second-order valence-corrected chi connectivity index (χ2v) is 10.7. The molecule has 0 unspecified atom stereocenters. The highest BCUT2D eigenvalue weighted by atomic mass is 35.5. The standard InChI is InChI=1S/C28H25Cl2F5N6O4/c1-27(2,44-3)25(43)36-11-13-4-9-17(29)21(20(13)30)39-26-38-18-10-16(24(40-22(18)41-26)45-12-19(31)32)23(42)37-15-7-5-14(6-8-15)28(33,34)35/h4-10,19H,11-12H2,1-3H3,(H,36,43)(H,37,42)(H2,38,39,40,41). The molecular formula is C28H25Cl2F5N6O4. The molecule has 4 rings (SSSR count). The Morgan fingerprint density at radius 1 is 1.04 bits per heavy atom. The number of anilines is 3. The SMILES string of the molecule is COC(C)(C)C(=O)NCc1ccc(Cl)c(Nc2nc3nc(OCC(F)F)c(C(=O)Nc4ccc(C(F)(F)F)cc4)cc3[nH]2)c1Cl. The molecule has 10 nitrogen and oxygen atoms in total. The molecule has 2 aromatic heterocycles. The van der Waals surface area contributed by atoms with E-state index in [4.69, 9.17) is 32.7 Å². The first-order chi connectivity index (χ1) is 21.1. The fourth-order valence-electron chi connectivity index (χ4n) is 3.79. The van der Waals surface area contributed by atoms with E-state index in [1.54, 1.807) is 26.0 Å². The summed E-state index contributed by atoms with van der Waals surface area (Å²) in [5.74, 6) is -1.71. The minimum Gasteiger partial charge on any atom is -0.471 e. The Bertz CT molecular complexity index is 1710. The van der Waals surface area contributed by atoms with Crippen LogP contribution in [-0.4, -0.2) is 52.5 Å². The first-order valence-corrected chi connectivity index (χ1v) is 13.7. The molecule has 0 aliphatic heterocycles. The van der Waals surface area contributed by atoms with Crippen LogP contribution < -0.4 is 20.7 Å². The van der Waals surface area contributed by atoms with Crippen molar-refractivity contribution >= 4 is 63.5 Å². The molecule has 45 heavy (non-hydrogen) atoms. The third kappa shape index (κ3) is 8.09. The number of hydrogen-bond acceptors (Lipinski definition) is 7. The van der Waals surface area contributed by atoms with Gasteiger partial charge in [-0.05, 0) is 55.8 Å². The number of H-pyrrole nitrogens is 1. The Labute approximate surface area is 262 Å². The fraction of sp³-hybridized carbons (Fsp3) is 0.286. The van der Waals surface area contributed by atoms with Crippen molar-refractivity contribution in [2.75, 3.05) is 24.4 Å². The molecule has 2 aromatic carbocycles. The number of nitrogens with zero attached hydrogens (tertiary/aromatic N) is 2. The van der Waals surface area contributed by atoms with Crippen molar-refractivity contribution in [3.63, 3.8) is 0 Å². The van der Waals surface area contributed by atoms with E-state index in [1.165, 1.54) is 13.2 Å². The van der Waals surface area contributed by atoms with Gasteiger partial charge < -0.3 is 30.4 Å². The number of aromatic nitrogens is 3. The largest absolute Gasteiger partial charge is 0.471 e. The summed E-state index contributed by atoms with van der Waals surface area (Å²) >= 11 is 12.9. The maximum absolute atomic E-state index is 13.1. The van der Waals surface area contributed by atoms with Gasteiger partial charge in [0.1, 0.15) is 11.2 Å². The van der Waals surface area contributed by atoms with E-state index >= 15 is 0 Å². The molecule has 0 radical (unpaired) electrons. The van der Waals surface area contributed by atoms with Gasteiger partial charge in [-0.25, -0.2) is 8.78 Å². The van der Waals surface area contributed by atoms with Crippen LogP contribution in [0.4, 0.5) is 39.3 Å². The second kappa shape index (κ2) is 13.4. The molecule has 2 amide bonds. The number of imidazole rings is 1. The molecule has 0 atom stereocenters. The number of rotatable bonds is 11. The summed E-state index contributed by atoms with van der Waals surface area (Å²) in [5, 5.41) is 8.38. The number of amides is 2. The van der Waals surface area contributed by atoms with Crippen molar-refractivity contribution in [1.82, 2.24) is 20.3 Å². The van der Waals surface area contributed by atoms with Crippen LogP contribution in [0.1, 0.15) is 35.3 Å². The molecule has 0 fully saturated rings. The molecule has 240 valence electrons. The van der Waals surface area contributed by atoms with Crippen molar-refractivity contribution in [1.29, 1.82) is 0 Å². The molecule has 0 bridgehead atoms. The topological polar surface area (TPSA) is 130 Å². The number of nitrogens with one attached hydrogen (secondary N) is 4. The predicted octanol–water partition coefficient (Wildman–Crippen LogP) is 6.96. The Balaban J connectivity index is 1.61. The molecule has 0 saturated carbocycles. The third-order valence-corrected chi connectivity index (χ3v) is 7.16. The molecule has 4 aromatic rings. The zero-order valence-electron chi connectivity index (χ0n) is 23.7. The summed E-state index contributed by atoms with van der Waals surface area (Å²) in [4.78, 5) is 36.7. The molecule has 0 saturated heterocycles. The quantitative estimate of drug-likeness (QED) is 0.127. The highest BCUT2D eigenvalue weighted by Gasteiger charge is 2.30. The molecule has 2 heterocycles. The summed E-state index contributed by atoms with van der Waals surface area (Å²) in [6.07, 6.45) is -7.47. The van der Waals surface area contributed by atoms with Gasteiger partial charge >= 0.3 is 6.18 Å². The molecule has 0 spiro atoms.